The zero-order valence-electron chi connectivity index (χ0n) is 14.3. The van der Waals surface area contributed by atoms with Crippen molar-refractivity contribution in [1.82, 2.24) is 4.98 Å². The SMILES string of the molecule is CC(O)C1CCN(c2ncc(Cl)cc2NCc2cccc(Cl)c2)CC1. The van der Waals surface area contributed by atoms with Crippen molar-refractivity contribution in [2.45, 2.75) is 32.4 Å². The first-order chi connectivity index (χ1) is 12.0. The molecule has 0 amide bonds. The normalized spacial score (nSPS) is 16.7. The van der Waals surface area contributed by atoms with Crippen LogP contribution in [0, 0.1) is 5.92 Å². The molecule has 1 aliphatic rings. The lowest BCUT2D eigenvalue weighted by Gasteiger charge is -2.35. The molecule has 0 saturated carbocycles. The van der Waals surface area contributed by atoms with Crippen molar-refractivity contribution in [3.05, 3.63) is 52.1 Å². The van der Waals surface area contributed by atoms with E-state index in [0.717, 1.165) is 48.0 Å². The number of nitrogens with one attached hydrogen (secondary N) is 1. The predicted molar refractivity (Wildman–Crippen MR) is 105 cm³/mol. The molecule has 2 N–H and O–H groups in total. The maximum Gasteiger partial charge on any atom is 0.152 e. The number of nitrogens with zero attached hydrogens (tertiary/aromatic N) is 2. The van der Waals surface area contributed by atoms with Crippen LogP contribution in [0.4, 0.5) is 11.5 Å². The summed E-state index contributed by atoms with van der Waals surface area (Å²) in [7, 11) is 0. The zero-order valence-corrected chi connectivity index (χ0v) is 15.8. The van der Waals surface area contributed by atoms with Gasteiger partial charge in [0.1, 0.15) is 0 Å². The second-order valence-electron chi connectivity index (χ2n) is 6.57. The molecule has 134 valence electrons. The third-order valence-corrected chi connectivity index (χ3v) is 5.17. The number of aliphatic hydroxyl groups is 1. The number of aromatic nitrogens is 1. The summed E-state index contributed by atoms with van der Waals surface area (Å²) in [5.41, 5.74) is 2.02. The molecule has 2 heterocycles. The summed E-state index contributed by atoms with van der Waals surface area (Å²) in [5, 5.41) is 14.5. The Kier molecular flexibility index (Phi) is 6.05. The van der Waals surface area contributed by atoms with Crippen LogP contribution in [0.5, 0.6) is 0 Å². The smallest absolute Gasteiger partial charge is 0.152 e. The number of aliphatic hydroxyl groups excluding tert-OH is 1. The van der Waals surface area contributed by atoms with Gasteiger partial charge in [-0.15, -0.1) is 0 Å². The highest BCUT2D eigenvalue weighted by Gasteiger charge is 2.24. The average Bonchev–Trinajstić information content (AvgIpc) is 2.60. The van der Waals surface area contributed by atoms with Crippen molar-refractivity contribution < 1.29 is 5.11 Å². The Bertz CT molecular complexity index is 716. The highest BCUT2D eigenvalue weighted by atomic mass is 35.5. The van der Waals surface area contributed by atoms with Crippen LogP contribution in [0.2, 0.25) is 10.0 Å². The number of hydrogen-bond acceptors (Lipinski definition) is 4. The van der Waals surface area contributed by atoms with Crippen LogP contribution in [0.3, 0.4) is 0 Å². The Labute approximate surface area is 158 Å². The Morgan fingerprint density at radius 3 is 2.68 bits per heavy atom. The fourth-order valence-electron chi connectivity index (χ4n) is 3.25. The summed E-state index contributed by atoms with van der Waals surface area (Å²) in [5.74, 6) is 1.28. The number of pyridine rings is 1. The molecule has 4 nitrogen and oxygen atoms in total. The van der Waals surface area contributed by atoms with Gasteiger partial charge in [-0.25, -0.2) is 4.98 Å². The van der Waals surface area contributed by atoms with E-state index >= 15 is 0 Å². The van der Waals surface area contributed by atoms with Gasteiger partial charge in [0.25, 0.3) is 0 Å². The van der Waals surface area contributed by atoms with Gasteiger partial charge in [-0.05, 0) is 49.4 Å². The first-order valence-corrected chi connectivity index (χ1v) is 9.35. The van der Waals surface area contributed by atoms with Crippen LogP contribution in [-0.2, 0) is 6.54 Å². The summed E-state index contributed by atoms with van der Waals surface area (Å²) in [6, 6.07) is 9.70. The van der Waals surface area contributed by atoms with Crippen molar-refractivity contribution in [3.8, 4) is 0 Å². The highest BCUT2D eigenvalue weighted by molar-refractivity contribution is 6.31. The fraction of sp³-hybridized carbons (Fsp3) is 0.421. The molecular weight excluding hydrogens is 357 g/mol. The molecule has 6 heteroatoms. The van der Waals surface area contributed by atoms with Crippen LogP contribution in [0.15, 0.2) is 36.5 Å². The van der Waals surface area contributed by atoms with E-state index in [9.17, 15) is 5.11 Å². The van der Waals surface area contributed by atoms with Crippen molar-refractivity contribution in [3.63, 3.8) is 0 Å². The molecule has 2 aromatic rings. The minimum absolute atomic E-state index is 0.249. The molecule has 1 aromatic heterocycles. The number of rotatable bonds is 5. The zero-order chi connectivity index (χ0) is 17.8. The van der Waals surface area contributed by atoms with Gasteiger partial charge in [0.2, 0.25) is 0 Å². The number of piperidine rings is 1. The van der Waals surface area contributed by atoms with Crippen LogP contribution in [0.1, 0.15) is 25.3 Å². The maximum absolute atomic E-state index is 9.78. The highest BCUT2D eigenvalue weighted by Crippen LogP contribution is 2.31. The van der Waals surface area contributed by atoms with Crippen molar-refractivity contribution >= 4 is 34.7 Å². The molecule has 1 fully saturated rings. The van der Waals surface area contributed by atoms with Crippen molar-refractivity contribution in [2.24, 2.45) is 5.92 Å². The van der Waals surface area contributed by atoms with Crippen molar-refractivity contribution in [1.29, 1.82) is 0 Å². The lowest BCUT2D eigenvalue weighted by atomic mass is 9.92. The molecule has 1 aromatic carbocycles. The summed E-state index contributed by atoms with van der Waals surface area (Å²) >= 11 is 12.2. The summed E-state index contributed by atoms with van der Waals surface area (Å²) < 4.78 is 0. The second kappa shape index (κ2) is 8.26. The van der Waals surface area contributed by atoms with E-state index in [0.29, 0.717) is 17.5 Å². The molecule has 1 unspecified atom stereocenters. The van der Waals surface area contributed by atoms with E-state index in [1.807, 2.05) is 37.3 Å². The number of halogens is 2. The largest absolute Gasteiger partial charge is 0.393 e. The molecule has 3 rings (SSSR count). The quantitative estimate of drug-likeness (QED) is 0.796. The van der Waals surface area contributed by atoms with Crippen LogP contribution >= 0.6 is 23.2 Å². The summed E-state index contributed by atoms with van der Waals surface area (Å²) in [6.07, 6.45) is 3.37. The van der Waals surface area contributed by atoms with Crippen molar-refractivity contribution in [2.75, 3.05) is 23.3 Å². The number of anilines is 2. The van der Waals surface area contributed by atoms with E-state index in [2.05, 4.69) is 15.2 Å². The molecule has 0 spiro atoms. The molecule has 0 bridgehead atoms. The van der Waals surface area contributed by atoms with Crippen LogP contribution in [0.25, 0.3) is 0 Å². The number of hydrogen-bond donors (Lipinski definition) is 2. The topological polar surface area (TPSA) is 48.4 Å². The van der Waals surface area contributed by atoms with E-state index < -0.39 is 0 Å². The molecule has 0 aliphatic carbocycles. The molecule has 1 aliphatic heterocycles. The summed E-state index contributed by atoms with van der Waals surface area (Å²) in [6.45, 7) is 4.30. The van der Waals surface area contributed by atoms with E-state index in [-0.39, 0.29) is 6.10 Å². The maximum atomic E-state index is 9.78. The van der Waals surface area contributed by atoms with Gasteiger partial charge in [0.15, 0.2) is 5.82 Å². The first kappa shape index (κ1) is 18.3. The minimum Gasteiger partial charge on any atom is -0.393 e. The molecule has 25 heavy (non-hydrogen) atoms. The average molecular weight is 380 g/mol. The first-order valence-electron chi connectivity index (χ1n) is 8.60. The predicted octanol–water partition coefficient (Wildman–Crippen LogP) is 4.60. The molecular formula is C19H23Cl2N3O. The fourth-order valence-corrected chi connectivity index (χ4v) is 3.62. The second-order valence-corrected chi connectivity index (χ2v) is 7.45. The van der Waals surface area contributed by atoms with E-state index in [1.165, 1.54) is 0 Å². The van der Waals surface area contributed by atoms with Gasteiger partial charge in [0, 0.05) is 30.9 Å². The van der Waals surface area contributed by atoms with Gasteiger partial charge < -0.3 is 15.3 Å². The van der Waals surface area contributed by atoms with Gasteiger partial charge >= 0.3 is 0 Å². The number of benzene rings is 1. The Balaban J connectivity index is 1.72. The van der Waals surface area contributed by atoms with E-state index in [1.54, 1.807) is 6.20 Å². The monoisotopic (exact) mass is 379 g/mol. The van der Waals surface area contributed by atoms with Crippen LogP contribution in [-0.4, -0.2) is 29.3 Å². The van der Waals surface area contributed by atoms with Gasteiger partial charge in [-0.1, -0.05) is 35.3 Å². The molecule has 1 atom stereocenters. The van der Waals surface area contributed by atoms with Gasteiger partial charge in [0.05, 0.1) is 16.8 Å². The van der Waals surface area contributed by atoms with Gasteiger partial charge in [-0.3, -0.25) is 0 Å². The third kappa shape index (κ3) is 4.78. The molecule has 1 saturated heterocycles. The lowest BCUT2D eigenvalue weighted by molar-refractivity contribution is 0.110. The van der Waals surface area contributed by atoms with E-state index in [4.69, 9.17) is 23.2 Å². The lowest BCUT2D eigenvalue weighted by Crippen LogP contribution is -2.37. The van der Waals surface area contributed by atoms with Gasteiger partial charge in [-0.2, -0.15) is 0 Å². The van der Waals surface area contributed by atoms with Crippen LogP contribution < -0.4 is 10.2 Å². The molecule has 0 radical (unpaired) electrons. The minimum atomic E-state index is -0.249. The third-order valence-electron chi connectivity index (χ3n) is 4.73. The summed E-state index contributed by atoms with van der Waals surface area (Å²) in [4.78, 5) is 6.80. The Morgan fingerprint density at radius 2 is 2.00 bits per heavy atom. The standard InChI is InChI=1S/C19H23Cl2N3O/c1-13(25)15-5-7-24(8-6-15)19-18(10-17(21)12-23-19)22-11-14-3-2-4-16(20)9-14/h2-4,9-10,12-13,15,22,25H,5-8,11H2,1H3. The Morgan fingerprint density at radius 1 is 1.24 bits per heavy atom. The Hall–Kier alpha value is -1.49.